The second-order valence-corrected chi connectivity index (χ2v) is 3.05. The summed E-state index contributed by atoms with van der Waals surface area (Å²) in [7, 11) is -1.00. The van der Waals surface area contributed by atoms with Crippen LogP contribution in [0.25, 0.3) is 0 Å². The lowest BCUT2D eigenvalue weighted by atomic mass is 9.74. The highest BCUT2D eigenvalue weighted by molar-refractivity contribution is 6.59. The number of amides is 1. The Hall–Kier alpha value is -1.55. The Labute approximate surface area is 91.0 Å². The summed E-state index contributed by atoms with van der Waals surface area (Å²) in [5.41, 5.74) is 0.926. The molecule has 4 heteroatoms. The zero-order valence-corrected chi connectivity index (χ0v) is 9.16. The second-order valence-electron chi connectivity index (χ2n) is 3.05. The highest BCUT2D eigenvalue weighted by atomic mass is 16.2. The monoisotopic (exact) mass is 205 g/mol. The molecule has 3 nitrogen and oxygen atoms in total. The van der Waals surface area contributed by atoms with Crippen molar-refractivity contribution in [3.05, 3.63) is 48.5 Å². The molecule has 0 saturated carbocycles. The van der Waals surface area contributed by atoms with Crippen LogP contribution in [0.5, 0.6) is 0 Å². The van der Waals surface area contributed by atoms with Crippen molar-refractivity contribution in [1.29, 1.82) is 0 Å². The van der Waals surface area contributed by atoms with Crippen molar-refractivity contribution in [2.75, 3.05) is 0 Å². The molecule has 0 saturated heterocycles. The van der Waals surface area contributed by atoms with Gasteiger partial charge in [0.25, 0.3) is 0 Å². The predicted octanol–water partition coefficient (Wildman–Crippen LogP) is 1.39. The quantitative estimate of drug-likeness (QED) is 0.404. The van der Waals surface area contributed by atoms with Crippen LogP contribution in [-0.4, -0.2) is 18.0 Å². The average molecular weight is 205 g/mol. The lowest BCUT2D eigenvalue weighted by Gasteiger charge is -2.08. The summed E-state index contributed by atoms with van der Waals surface area (Å²) in [6, 6.07) is 0. The van der Waals surface area contributed by atoms with Crippen LogP contribution in [0.15, 0.2) is 48.5 Å². The van der Waals surface area contributed by atoms with Crippen molar-refractivity contribution in [2.24, 2.45) is 0 Å². The van der Waals surface area contributed by atoms with Gasteiger partial charge < -0.3 is 10.3 Å². The number of hydrogen-bond acceptors (Lipinski definition) is 2. The van der Waals surface area contributed by atoms with Crippen molar-refractivity contribution < 1.29 is 9.82 Å². The number of carbonyl (C=O) groups is 1. The molecule has 0 aliphatic carbocycles. The van der Waals surface area contributed by atoms with E-state index in [2.05, 4.69) is 18.4 Å². The molecule has 1 amide bonds. The number of allylic oxidation sites excluding steroid dienone is 4. The van der Waals surface area contributed by atoms with E-state index >= 15 is 0 Å². The van der Waals surface area contributed by atoms with Gasteiger partial charge in [-0.15, -0.1) is 0 Å². The van der Waals surface area contributed by atoms with Crippen LogP contribution in [0, 0.1) is 0 Å². The summed E-state index contributed by atoms with van der Waals surface area (Å²) in [5.74, 6) is -0.391. The largest absolute Gasteiger partial charge is 0.444 e. The highest BCUT2D eigenvalue weighted by Gasteiger charge is 2.17. The smallest absolute Gasteiger partial charge is 0.429 e. The Balaban J connectivity index is 4.36. The van der Waals surface area contributed by atoms with Crippen LogP contribution < -0.4 is 5.23 Å². The van der Waals surface area contributed by atoms with Gasteiger partial charge >= 0.3 is 7.05 Å². The molecule has 15 heavy (non-hydrogen) atoms. The number of nitrogens with one attached hydrogen (secondary N) is 1. The molecule has 0 aliphatic heterocycles. The zero-order chi connectivity index (χ0) is 11.8. The maximum Gasteiger partial charge on any atom is 0.444 e. The van der Waals surface area contributed by atoms with Crippen LogP contribution in [0.1, 0.15) is 13.8 Å². The van der Waals surface area contributed by atoms with Crippen molar-refractivity contribution in [3.63, 3.8) is 0 Å². The van der Waals surface area contributed by atoms with Crippen molar-refractivity contribution >= 4 is 13.0 Å². The summed E-state index contributed by atoms with van der Waals surface area (Å²) in [6.07, 6.45) is 6.46. The van der Waals surface area contributed by atoms with E-state index in [9.17, 15) is 9.82 Å². The van der Waals surface area contributed by atoms with Gasteiger partial charge in [0.2, 0.25) is 5.91 Å². The first-order chi connectivity index (χ1) is 7.02. The van der Waals surface area contributed by atoms with Gasteiger partial charge in [-0.2, -0.15) is 0 Å². The molecular formula is C11H16BNO2. The molecule has 0 aliphatic rings. The standard InChI is InChI=1S/C11H16BNO2/c1-5-7-9(3)11(14)13-12(15)10(4)8-6-2/h5-8,15H,2-3H2,1,4H3,(H,13,14)/b7-5-,10-8+. The summed E-state index contributed by atoms with van der Waals surface area (Å²) < 4.78 is 0. The van der Waals surface area contributed by atoms with Crippen LogP contribution in [0.4, 0.5) is 0 Å². The van der Waals surface area contributed by atoms with E-state index in [1.165, 1.54) is 0 Å². The molecule has 0 atom stereocenters. The van der Waals surface area contributed by atoms with E-state index in [1.807, 2.05) is 0 Å². The summed E-state index contributed by atoms with van der Waals surface area (Å²) in [5, 5.41) is 11.9. The van der Waals surface area contributed by atoms with Crippen LogP contribution in [-0.2, 0) is 4.79 Å². The third-order valence-corrected chi connectivity index (χ3v) is 1.74. The molecule has 80 valence electrons. The van der Waals surface area contributed by atoms with Crippen LogP contribution in [0.2, 0.25) is 0 Å². The first-order valence-electron chi connectivity index (χ1n) is 4.62. The Kier molecular flexibility index (Phi) is 6.14. The number of rotatable bonds is 5. The third-order valence-electron chi connectivity index (χ3n) is 1.74. The fraction of sp³-hybridized carbons (Fsp3) is 0.182. The van der Waals surface area contributed by atoms with Gasteiger partial charge in [-0.1, -0.05) is 42.9 Å². The third kappa shape index (κ3) is 5.03. The molecule has 0 aromatic heterocycles. The van der Waals surface area contributed by atoms with Crippen LogP contribution in [0.3, 0.4) is 0 Å². The zero-order valence-electron chi connectivity index (χ0n) is 9.16. The van der Waals surface area contributed by atoms with Gasteiger partial charge in [0.05, 0.1) is 0 Å². The maximum atomic E-state index is 11.4. The lowest BCUT2D eigenvalue weighted by Crippen LogP contribution is -2.40. The molecule has 0 aromatic rings. The molecule has 0 radical (unpaired) electrons. The van der Waals surface area contributed by atoms with Gasteiger partial charge in [0.15, 0.2) is 0 Å². The van der Waals surface area contributed by atoms with E-state index in [-0.39, 0.29) is 0 Å². The topological polar surface area (TPSA) is 49.3 Å². The molecular weight excluding hydrogens is 189 g/mol. The summed E-state index contributed by atoms with van der Waals surface area (Å²) >= 11 is 0. The molecule has 0 spiro atoms. The summed E-state index contributed by atoms with van der Waals surface area (Å²) in [6.45, 7) is 10.5. The second kappa shape index (κ2) is 6.84. The highest BCUT2D eigenvalue weighted by Crippen LogP contribution is 1.98. The number of carbonyl (C=O) groups excluding carboxylic acids is 1. The van der Waals surface area contributed by atoms with Crippen molar-refractivity contribution in [3.8, 4) is 0 Å². The van der Waals surface area contributed by atoms with E-state index in [4.69, 9.17) is 0 Å². The van der Waals surface area contributed by atoms with Gasteiger partial charge in [0, 0.05) is 5.57 Å². The van der Waals surface area contributed by atoms with E-state index in [0.717, 1.165) is 0 Å². The minimum Gasteiger partial charge on any atom is -0.429 e. The normalized spacial score (nSPS) is 11.3. The van der Waals surface area contributed by atoms with Gasteiger partial charge in [-0.25, -0.2) is 0 Å². The Morgan fingerprint density at radius 3 is 2.60 bits per heavy atom. The summed E-state index contributed by atoms with van der Waals surface area (Å²) in [4.78, 5) is 11.4. The lowest BCUT2D eigenvalue weighted by molar-refractivity contribution is -0.115. The van der Waals surface area contributed by atoms with Crippen molar-refractivity contribution in [1.82, 2.24) is 5.23 Å². The minimum absolute atomic E-state index is 0.308. The van der Waals surface area contributed by atoms with Gasteiger partial charge in [0.1, 0.15) is 0 Å². The van der Waals surface area contributed by atoms with Gasteiger partial charge in [-0.3, -0.25) is 4.79 Å². The first kappa shape index (κ1) is 13.5. The fourth-order valence-electron chi connectivity index (χ4n) is 0.885. The predicted molar refractivity (Wildman–Crippen MR) is 64.0 cm³/mol. The van der Waals surface area contributed by atoms with Gasteiger partial charge in [-0.05, 0) is 13.8 Å². The Morgan fingerprint density at radius 1 is 1.53 bits per heavy atom. The van der Waals surface area contributed by atoms with E-state index in [1.54, 1.807) is 38.2 Å². The Bertz CT molecular complexity index is 319. The molecule has 2 N–H and O–H groups in total. The SMILES string of the molecule is C=C/C=C(\C)B(O)NC(=O)C(=C)/C=C\C. The number of hydrogen-bond donors (Lipinski definition) is 2. The molecule has 0 fully saturated rings. The maximum absolute atomic E-state index is 11.4. The molecule has 0 rings (SSSR count). The molecule has 0 aromatic carbocycles. The minimum atomic E-state index is -1.00. The first-order valence-corrected chi connectivity index (χ1v) is 4.62. The molecule has 0 heterocycles. The van der Waals surface area contributed by atoms with Crippen molar-refractivity contribution in [2.45, 2.75) is 13.8 Å². The molecule has 0 bridgehead atoms. The Morgan fingerprint density at radius 2 is 2.13 bits per heavy atom. The van der Waals surface area contributed by atoms with E-state index in [0.29, 0.717) is 11.0 Å². The average Bonchev–Trinajstić information content (AvgIpc) is 2.18. The molecule has 0 unspecified atom stereocenters. The fourth-order valence-corrected chi connectivity index (χ4v) is 0.885. The van der Waals surface area contributed by atoms with E-state index < -0.39 is 13.0 Å². The van der Waals surface area contributed by atoms with Crippen LogP contribution >= 0.6 is 0 Å².